The van der Waals surface area contributed by atoms with Crippen molar-refractivity contribution in [3.63, 3.8) is 0 Å². The Labute approximate surface area is 120 Å². The molecule has 1 fully saturated rings. The van der Waals surface area contributed by atoms with E-state index in [0.717, 1.165) is 37.3 Å². The third-order valence-electron chi connectivity index (χ3n) is 5.14. The third kappa shape index (κ3) is 5.83. The fourth-order valence-corrected chi connectivity index (χ4v) is 3.65. The predicted molar refractivity (Wildman–Crippen MR) is 83.4 cm³/mol. The van der Waals surface area contributed by atoms with E-state index in [9.17, 15) is 0 Å². The molecule has 0 spiro atoms. The van der Waals surface area contributed by atoms with Crippen molar-refractivity contribution in [1.29, 1.82) is 0 Å². The van der Waals surface area contributed by atoms with Crippen LogP contribution in [0.15, 0.2) is 0 Å². The molecule has 114 valence electrons. The molecule has 1 aliphatic rings. The summed E-state index contributed by atoms with van der Waals surface area (Å²) in [6.45, 7) is 6.28. The van der Waals surface area contributed by atoms with Crippen molar-refractivity contribution in [2.75, 3.05) is 20.2 Å². The first-order valence-corrected chi connectivity index (χ1v) is 8.51. The molecule has 2 heteroatoms. The lowest BCUT2D eigenvalue weighted by Crippen LogP contribution is -2.41. The van der Waals surface area contributed by atoms with Gasteiger partial charge in [0.1, 0.15) is 0 Å². The van der Waals surface area contributed by atoms with Gasteiger partial charge >= 0.3 is 0 Å². The van der Waals surface area contributed by atoms with Crippen molar-refractivity contribution in [2.45, 2.75) is 77.7 Å². The van der Waals surface area contributed by atoms with Crippen molar-refractivity contribution in [2.24, 2.45) is 11.8 Å². The van der Waals surface area contributed by atoms with E-state index < -0.39 is 0 Å². The minimum atomic E-state index is 0.341. The summed E-state index contributed by atoms with van der Waals surface area (Å²) in [5.41, 5.74) is 0. The van der Waals surface area contributed by atoms with Crippen LogP contribution in [0.25, 0.3) is 0 Å². The molecule has 3 atom stereocenters. The maximum atomic E-state index is 8.93. The first kappa shape index (κ1) is 17.0. The predicted octanol–water partition coefficient (Wildman–Crippen LogP) is 4.08. The lowest BCUT2D eigenvalue weighted by molar-refractivity contribution is 0.104. The quantitative estimate of drug-likeness (QED) is 0.704. The summed E-state index contributed by atoms with van der Waals surface area (Å²) in [7, 11) is 2.30. The van der Waals surface area contributed by atoms with E-state index in [1.165, 1.54) is 44.9 Å². The topological polar surface area (TPSA) is 23.5 Å². The number of aliphatic hydroxyl groups is 1. The van der Waals surface area contributed by atoms with Gasteiger partial charge in [-0.3, -0.25) is 0 Å². The standard InChI is InChI=1S/C17H35NO/c1-4-15(2)16-11-7-5-6-8-12-17(16)18(3)13-9-10-14-19/h15-17,19H,4-14H2,1-3H3. The van der Waals surface area contributed by atoms with E-state index in [0.29, 0.717) is 6.61 Å². The smallest absolute Gasteiger partial charge is 0.0431 e. The zero-order valence-corrected chi connectivity index (χ0v) is 13.4. The summed E-state index contributed by atoms with van der Waals surface area (Å²) in [5.74, 6) is 1.73. The minimum absolute atomic E-state index is 0.341. The lowest BCUT2D eigenvalue weighted by atomic mass is 9.77. The normalized spacial score (nSPS) is 27.0. The van der Waals surface area contributed by atoms with Crippen LogP contribution in [0.2, 0.25) is 0 Å². The van der Waals surface area contributed by atoms with Crippen LogP contribution in [0.1, 0.15) is 71.6 Å². The van der Waals surface area contributed by atoms with E-state index in [4.69, 9.17) is 5.11 Å². The second-order valence-corrected chi connectivity index (χ2v) is 6.52. The highest BCUT2D eigenvalue weighted by Gasteiger charge is 2.29. The number of aliphatic hydroxyl groups excluding tert-OH is 1. The monoisotopic (exact) mass is 269 g/mol. The molecule has 0 bridgehead atoms. The molecule has 0 heterocycles. The van der Waals surface area contributed by atoms with Crippen molar-refractivity contribution in [3.05, 3.63) is 0 Å². The first-order chi connectivity index (χ1) is 9.20. The molecule has 0 amide bonds. The Hall–Kier alpha value is -0.0800. The van der Waals surface area contributed by atoms with Crippen molar-refractivity contribution < 1.29 is 5.11 Å². The van der Waals surface area contributed by atoms with Gasteiger partial charge < -0.3 is 10.0 Å². The van der Waals surface area contributed by atoms with Crippen LogP contribution in [0.3, 0.4) is 0 Å². The summed E-state index contributed by atoms with van der Waals surface area (Å²) < 4.78 is 0. The zero-order valence-electron chi connectivity index (χ0n) is 13.4. The Morgan fingerprint density at radius 2 is 1.79 bits per heavy atom. The van der Waals surface area contributed by atoms with Gasteiger partial charge in [0.25, 0.3) is 0 Å². The average molecular weight is 269 g/mol. The van der Waals surface area contributed by atoms with Gasteiger partial charge in [0.2, 0.25) is 0 Å². The molecule has 0 radical (unpaired) electrons. The van der Waals surface area contributed by atoms with Crippen molar-refractivity contribution >= 4 is 0 Å². The summed E-state index contributed by atoms with van der Waals surface area (Å²) >= 11 is 0. The summed E-state index contributed by atoms with van der Waals surface area (Å²) in [4.78, 5) is 2.60. The Kier molecular flexibility index (Phi) is 8.72. The van der Waals surface area contributed by atoms with E-state index in [2.05, 4.69) is 25.8 Å². The van der Waals surface area contributed by atoms with Gasteiger partial charge in [-0.1, -0.05) is 46.0 Å². The molecule has 1 saturated carbocycles. The maximum absolute atomic E-state index is 8.93. The molecular formula is C17H35NO. The molecule has 19 heavy (non-hydrogen) atoms. The Morgan fingerprint density at radius 1 is 1.11 bits per heavy atom. The molecule has 1 rings (SSSR count). The second kappa shape index (κ2) is 9.77. The van der Waals surface area contributed by atoms with Crippen LogP contribution >= 0.6 is 0 Å². The molecule has 0 aromatic carbocycles. The molecule has 0 aromatic rings. The van der Waals surface area contributed by atoms with Gasteiger partial charge in [-0.2, -0.15) is 0 Å². The van der Waals surface area contributed by atoms with Crippen LogP contribution < -0.4 is 0 Å². The fourth-order valence-electron chi connectivity index (χ4n) is 3.65. The summed E-state index contributed by atoms with van der Waals surface area (Å²) in [5, 5.41) is 8.93. The van der Waals surface area contributed by atoms with Gasteiger partial charge in [0.05, 0.1) is 0 Å². The SMILES string of the molecule is CCC(C)C1CCCCCCC1N(C)CCCCO. The van der Waals surface area contributed by atoms with Crippen LogP contribution in [-0.2, 0) is 0 Å². The third-order valence-corrected chi connectivity index (χ3v) is 5.14. The molecule has 0 saturated heterocycles. The van der Waals surface area contributed by atoms with Gasteiger partial charge in [-0.05, 0) is 51.1 Å². The number of hydrogen-bond donors (Lipinski definition) is 1. The Morgan fingerprint density at radius 3 is 2.42 bits per heavy atom. The van der Waals surface area contributed by atoms with Gasteiger partial charge in [-0.25, -0.2) is 0 Å². The summed E-state index contributed by atoms with van der Waals surface area (Å²) in [6.07, 6.45) is 11.9. The largest absolute Gasteiger partial charge is 0.396 e. The fraction of sp³-hybridized carbons (Fsp3) is 1.00. The highest BCUT2D eigenvalue weighted by Crippen LogP contribution is 2.32. The van der Waals surface area contributed by atoms with Crippen LogP contribution in [0.4, 0.5) is 0 Å². The molecular weight excluding hydrogens is 234 g/mol. The molecule has 3 unspecified atom stereocenters. The second-order valence-electron chi connectivity index (χ2n) is 6.52. The molecule has 1 N–H and O–H groups in total. The van der Waals surface area contributed by atoms with E-state index in [-0.39, 0.29) is 0 Å². The maximum Gasteiger partial charge on any atom is 0.0431 e. The van der Waals surface area contributed by atoms with E-state index in [1.807, 2.05) is 0 Å². The molecule has 2 nitrogen and oxygen atoms in total. The van der Waals surface area contributed by atoms with Crippen molar-refractivity contribution in [3.8, 4) is 0 Å². The van der Waals surface area contributed by atoms with Crippen molar-refractivity contribution in [1.82, 2.24) is 4.90 Å². The average Bonchev–Trinajstić information content (AvgIpc) is 2.38. The molecule has 0 aromatic heterocycles. The first-order valence-electron chi connectivity index (χ1n) is 8.51. The number of nitrogens with zero attached hydrogens (tertiary/aromatic N) is 1. The van der Waals surface area contributed by atoms with Gasteiger partial charge in [-0.15, -0.1) is 0 Å². The number of unbranched alkanes of at least 4 members (excludes halogenated alkanes) is 1. The Balaban J connectivity index is 2.58. The summed E-state index contributed by atoms with van der Waals surface area (Å²) in [6, 6.07) is 0.772. The molecule has 0 aliphatic heterocycles. The van der Waals surface area contributed by atoms with Crippen LogP contribution in [0.5, 0.6) is 0 Å². The van der Waals surface area contributed by atoms with Gasteiger partial charge in [0, 0.05) is 12.6 Å². The highest BCUT2D eigenvalue weighted by molar-refractivity contribution is 4.82. The highest BCUT2D eigenvalue weighted by atomic mass is 16.2. The lowest BCUT2D eigenvalue weighted by Gasteiger charge is -2.39. The minimum Gasteiger partial charge on any atom is -0.396 e. The van der Waals surface area contributed by atoms with Crippen LogP contribution in [0, 0.1) is 11.8 Å². The van der Waals surface area contributed by atoms with Crippen LogP contribution in [-0.4, -0.2) is 36.2 Å². The van der Waals surface area contributed by atoms with Gasteiger partial charge in [0.15, 0.2) is 0 Å². The number of rotatable bonds is 7. The molecule has 1 aliphatic carbocycles. The number of hydrogen-bond acceptors (Lipinski definition) is 2. The van der Waals surface area contributed by atoms with E-state index >= 15 is 0 Å². The zero-order chi connectivity index (χ0) is 14.1. The van der Waals surface area contributed by atoms with E-state index in [1.54, 1.807) is 0 Å². The Bertz CT molecular complexity index is 219.